The van der Waals surface area contributed by atoms with Crippen molar-refractivity contribution in [1.82, 2.24) is 5.32 Å². The molecule has 1 aromatic heterocycles. The molecule has 132 valence electrons. The van der Waals surface area contributed by atoms with Crippen molar-refractivity contribution in [2.24, 2.45) is 0 Å². The normalized spacial score (nSPS) is 18.1. The average Bonchev–Trinajstić information content (AvgIpc) is 3.26. The third-order valence-corrected chi connectivity index (χ3v) is 4.45. The molecule has 0 aliphatic carbocycles. The molecule has 0 bridgehead atoms. The summed E-state index contributed by atoms with van der Waals surface area (Å²) in [6.07, 6.45) is 1.93. The fraction of sp³-hybridized carbons (Fsp3) is 0.353. The lowest BCUT2D eigenvalue weighted by atomic mass is 10.1. The minimum Gasteiger partial charge on any atom is -0.451 e. The number of nitrogens with zero attached hydrogens (tertiary/aromatic N) is 1. The number of hydrogen-bond acceptors (Lipinski definition) is 5. The van der Waals surface area contributed by atoms with Crippen LogP contribution in [-0.4, -0.2) is 29.6 Å². The number of carbonyl (C=O) groups excluding carboxylic acids is 1. The predicted molar refractivity (Wildman–Crippen MR) is 91.7 cm³/mol. The van der Waals surface area contributed by atoms with Crippen LogP contribution >= 0.6 is 11.6 Å². The molecular weight excluding hydrogens is 348 g/mol. The molecule has 7 nitrogen and oxygen atoms in total. The number of hydrogen-bond donors (Lipinski definition) is 1. The van der Waals surface area contributed by atoms with E-state index in [1.54, 1.807) is 12.1 Å². The number of carbonyl (C=O) groups is 1. The summed E-state index contributed by atoms with van der Waals surface area (Å²) in [7, 11) is 0. The summed E-state index contributed by atoms with van der Waals surface area (Å²) in [6, 6.07) is 7.12. The topological polar surface area (TPSA) is 94.6 Å². The summed E-state index contributed by atoms with van der Waals surface area (Å²) in [5.41, 5.74) is 0.377. The van der Waals surface area contributed by atoms with Crippen molar-refractivity contribution in [1.29, 1.82) is 0 Å². The molecule has 0 spiro atoms. The van der Waals surface area contributed by atoms with Gasteiger partial charge in [0.1, 0.15) is 5.76 Å². The Morgan fingerprint density at radius 3 is 2.84 bits per heavy atom. The molecule has 25 heavy (non-hydrogen) atoms. The van der Waals surface area contributed by atoms with E-state index in [1.807, 2.05) is 6.92 Å². The number of nitro benzene ring substituents is 1. The minimum absolute atomic E-state index is 0.0162. The molecule has 2 unspecified atom stereocenters. The second-order valence-corrected chi connectivity index (χ2v) is 6.31. The first-order valence-corrected chi connectivity index (χ1v) is 8.30. The second-order valence-electron chi connectivity index (χ2n) is 5.90. The standard InChI is InChI=1S/C17H17ClN2O5/c1-10(14-3-2-8-24-14)19-17(21)16-7-6-15(25-16)12-5-4-11(20(22)23)9-13(12)18/h4-7,9-10,14H,2-3,8H2,1H3,(H,19,21). The second kappa shape index (κ2) is 7.25. The molecule has 1 amide bonds. The van der Waals surface area contributed by atoms with Gasteiger partial charge in [-0.3, -0.25) is 14.9 Å². The number of nitrogens with one attached hydrogen (secondary N) is 1. The van der Waals surface area contributed by atoms with Gasteiger partial charge in [-0.15, -0.1) is 0 Å². The Labute approximate surface area is 149 Å². The van der Waals surface area contributed by atoms with Crippen LogP contribution < -0.4 is 5.32 Å². The van der Waals surface area contributed by atoms with Crippen molar-refractivity contribution in [2.45, 2.75) is 31.9 Å². The van der Waals surface area contributed by atoms with Gasteiger partial charge in [0, 0.05) is 24.3 Å². The Balaban J connectivity index is 1.73. The molecule has 1 aliphatic heterocycles. The van der Waals surface area contributed by atoms with Gasteiger partial charge in [-0.2, -0.15) is 0 Å². The van der Waals surface area contributed by atoms with E-state index < -0.39 is 4.92 Å². The van der Waals surface area contributed by atoms with Gasteiger partial charge < -0.3 is 14.5 Å². The van der Waals surface area contributed by atoms with E-state index in [9.17, 15) is 14.9 Å². The van der Waals surface area contributed by atoms with E-state index >= 15 is 0 Å². The van der Waals surface area contributed by atoms with Crippen LogP contribution in [0.25, 0.3) is 11.3 Å². The van der Waals surface area contributed by atoms with Crippen molar-refractivity contribution in [3.05, 3.63) is 51.2 Å². The quantitative estimate of drug-likeness (QED) is 0.643. The number of rotatable bonds is 5. The molecule has 1 saturated heterocycles. The average molecular weight is 365 g/mol. The fourth-order valence-corrected chi connectivity index (χ4v) is 3.06. The van der Waals surface area contributed by atoms with E-state index in [1.165, 1.54) is 18.2 Å². The van der Waals surface area contributed by atoms with Crippen LogP contribution in [0, 0.1) is 10.1 Å². The first kappa shape index (κ1) is 17.4. The Hall–Kier alpha value is -2.38. The zero-order valence-electron chi connectivity index (χ0n) is 13.5. The van der Waals surface area contributed by atoms with Crippen molar-refractivity contribution < 1.29 is 18.9 Å². The summed E-state index contributed by atoms with van der Waals surface area (Å²) in [6.45, 7) is 2.61. The number of benzene rings is 1. The van der Waals surface area contributed by atoms with Gasteiger partial charge in [0.15, 0.2) is 5.76 Å². The molecule has 3 rings (SSSR count). The van der Waals surface area contributed by atoms with Crippen LogP contribution in [0.5, 0.6) is 0 Å². The van der Waals surface area contributed by atoms with E-state index in [0.29, 0.717) is 17.9 Å². The number of halogens is 1. The highest BCUT2D eigenvalue weighted by Crippen LogP contribution is 2.32. The highest BCUT2D eigenvalue weighted by Gasteiger charge is 2.25. The number of non-ortho nitro benzene ring substituents is 1. The molecule has 1 aromatic carbocycles. The largest absolute Gasteiger partial charge is 0.451 e. The van der Waals surface area contributed by atoms with Crippen LogP contribution in [0.4, 0.5) is 5.69 Å². The first-order chi connectivity index (χ1) is 12.0. The summed E-state index contributed by atoms with van der Waals surface area (Å²) in [5.74, 6) is 0.177. The third-order valence-electron chi connectivity index (χ3n) is 4.14. The number of nitro groups is 1. The van der Waals surface area contributed by atoms with Crippen molar-refractivity contribution in [2.75, 3.05) is 6.61 Å². The van der Waals surface area contributed by atoms with E-state index in [0.717, 1.165) is 12.8 Å². The lowest BCUT2D eigenvalue weighted by molar-refractivity contribution is -0.384. The van der Waals surface area contributed by atoms with Gasteiger partial charge in [-0.05, 0) is 38.0 Å². The van der Waals surface area contributed by atoms with E-state index in [4.69, 9.17) is 20.8 Å². The molecule has 8 heteroatoms. The maximum absolute atomic E-state index is 12.3. The Morgan fingerprint density at radius 2 is 2.20 bits per heavy atom. The van der Waals surface area contributed by atoms with Gasteiger partial charge in [-0.1, -0.05) is 11.6 Å². The number of ether oxygens (including phenoxy) is 1. The third kappa shape index (κ3) is 3.83. The zero-order valence-corrected chi connectivity index (χ0v) is 14.3. The monoisotopic (exact) mass is 364 g/mol. The summed E-state index contributed by atoms with van der Waals surface area (Å²) in [5, 5.41) is 13.8. The number of furan rings is 1. The molecule has 0 radical (unpaired) electrons. The maximum atomic E-state index is 12.3. The molecule has 1 N–H and O–H groups in total. The van der Waals surface area contributed by atoms with Crippen molar-refractivity contribution in [3.8, 4) is 11.3 Å². The Bertz CT molecular complexity index is 798. The van der Waals surface area contributed by atoms with Gasteiger partial charge >= 0.3 is 0 Å². The molecular formula is C17H17ClN2O5. The van der Waals surface area contributed by atoms with Crippen LogP contribution in [0.1, 0.15) is 30.3 Å². The lowest BCUT2D eigenvalue weighted by Crippen LogP contribution is -2.40. The van der Waals surface area contributed by atoms with Crippen LogP contribution in [0.3, 0.4) is 0 Å². The van der Waals surface area contributed by atoms with Gasteiger partial charge in [0.2, 0.25) is 0 Å². The first-order valence-electron chi connectivity index (χ1n) is 7.92. The molecule has 0 saturated carbocycles. The number of amides is 1. The zero-order chi connectivity index (χ0) is 18.0. The smallest absolute Gasteiger partial charge is 0.287 e. The molecule has 2 aromatic rings. The van der Waals surface area contributed by atoms with E-state index in [-0.39, 0.29) is 34.5 Å². The van der Waals surface area contributed by atoms with Gasteiger partial charge in [-0.25, -0.2) is 0 Å². The SMILES string of the molecule is CC(NC(=O)c1ccc(-c2ccc([N+](=O)[O-])cc2Cl)o1)C1CCCO1. The van der Waals surface area contributed by atoms with Crippen LogP contribution in [-0.2, 0) is 4.74 Å². The highest BCUT2D eigenvalue weighted by molar-refractivity contribution is 6.33. The van der Waals surface area contributed by atoms with Crippen LogP contribution in [0.2, 0.25) is 5.02 Å². The predicted octanol–water partition coefficient (Wildman–Crippen LogP) is 3.81. The van der Waals surface area contributed by atoms with Crippen LogP contribution in [0.15, 0.2) is 34.7 Å². The lowest BCUT2D eigenvalue weighted by Gasteiger charge is -2.19. The van der Waals surface area contributed by atoms with Crippen molar-refractivity contribution >= 4 is 23.2 Å². The van der Waals surface area contributed by atoms with E-state index in [2.05, 4.69) is 5.32 Å². The molecule has 2 heterocycles. The summed E-state index contributed by atoms with van der Waals surface area (Å²) >= 11 is 6.09. The minimum atomic E-state index is -0.525. The summed E-state index contributed by atoms with van der Waals surface area (Å²) in [4.78, 5) is 22.5. The molecule has 1 aliphatic rings. The highest BCUT2D eigenvalue weighted by atomic mass is 35.5. The maximum Gasteiger partial charge on any atom is 0.287 e. The summed E-state index contributed by atoms with van der Waals surface area (Å²) < 4.78 is 11.1. The van der Waals surface area contributed by atoms with Crippen molar-refractivity contribution in [3.63, 3.8) is 0 Å². The van der Waals surface area contributed by atoms with Gasteiger partial charge in [0.25, 0.3) is 11.6 Å². The Morgan fingerprint density at radius 1 is 1.40 bits per heavy atom. The molecule has 2 atom stereocenters. The molecule has 1 fully saturated rings. The fourth-order valence-electron chi connectivity index (χ4n) is 2.79. The van der Waals surface area contributed by atoms with Gasteiger partial charge in [0.05, 0.1) is 22.1 Å². The Kier molecular flexibility index (Phi) is 5.06.